The van der Waals surface area contributed by atoms with Gasteiger partial charge in [0.05, 0.1) is 5.69 Å². The summed E-state index contributed by atoms with van der Waals surface area (Å²) in [6.45, 7) is 2.49. The van der Waals surface area contributed by atoms with Gasteiger partial charge in [-0.25, -0.2) is 13.8 Å². The smallest absolute Gasteiger partial charge is 0.159 e. The molecule has 18 heavy (non-hydrogen) atoms. The van der Waals surface area contributed by atoms with E-state index in [1.807, 2.05) is 0 Å². The summed E-state index contributed by atoms with van der Waals surface area (Å²) in [5.74, 6) is -1.70. The van der Waals surface area contributed by atoms with Crippen molar-refractivity contribution in [3.63, 3.8) is 0 Å². The molecule has 0 radical (unpaired) electrons. The predicted octanol–water partition coefficient (Wildman–Crippen LogP) is 3.50. The van der Waals surface area contributed by atoms with E-state index in [-0.39, 0.29) is 0 Å². The van der Waals surface area contributed by atoms with Crippen molar-refractivity contribution in [1.29, 1.82) is 0 Å². The van der Waals surface area contributed by atoms with Gasteiger partial charge in [-0.3, -0.25) is 0 Å². The van der Waals surface area contributed by atoms with Crippen molar-refractivity contribution in [1.82, 2.24) is 4.98 Å². The van der Waals surface area contributed by atoms with Gasteiger partial charge in [0.25, 0.3) is 0 Å². The van der Waals surface area contributed by atoms with Crippen LogP contribution in [0.5, 0.6) is 0 Å². The van der Waals surface area contributed by atoms with Crippen LogP contribution in [0.2, 0.25) is 0 Å². The van der Waals surface area contributed by atoms with Crippen LogP contribution in [-0.2, 0) is 13.0 Å². The molecule has 5 heteroatoms. The average Bonchev–Trinajstić information content (AvgIpc) is 2.76. The van der Waals surface area contributed by atoms with Crippen molar-refractivity contribution in [2.45, 2.75) is 26.3 Å². The molecule has 0 aliphatic rings. The van der Waals surface area contributed by atoms with E-state index < -0.39 is 11.6 Å². The quantitative estimate of drug-likeness (QED) is 0.921. The molecule has 0 bridgehead atoms. The van der Waals surface area contributed by atoms with Gasteiger partial charge in [0.2, 0.25) is 0 Å². The largest absolute Gasteiger partial charge is 0.326 e. The lowest BCUT2D eigenvalue weighted by Gasteiger charge is -1.97. The maximum Gasteiger partial charge on any atom is 0.159 e. The molecule has 2 N–H and O–H groups in total. The topological polar surface area (TPSA) is 38.9 Å². The van der Waals surface area contributed by atoms with Gasteiger partial charge in [-0.1, -0.05) is 13.3 Å². The minimum absolute atomic E-state index is 0.427. The van der Waals surface area contributed by atoms with E-state index in [0.29, 0.717) is 17.1 Å². The number of nitrogens with two attached hydrogens (primary N) is 1. The number of hydrogen-bond donors (Lipinski definition) is 1. The fraction of sp³-hybridized carbons (Fsp3) is 0.308. The molecule has 2 rings (SSSR count). The molecule has 0 unspecified atom stereocenters. The molecule has 1 aromatic heterocycles. The Hall–Kier alpha value is -1.33. The second kappa shape index (κ2) is 5.54. The summed E-state index contributed by atoms with van der Waals surface area (Å²) in [5.41, 5.74) is 7.22. The van der Waals surface area contributed by atoms with Gasteiger partial charge in [0.1, 0.15) is 5.01 Å². The maximum atomic E-state index is 13.2. The summed E-state index contributed by atoms with van der Waals surface area (Å²) in [4.78, 5) is 5.47. The molecule has 0 spiro atoms. The summed E-state index contributed by atoms with van der Waals surface area (Å²) in [6.07, 6.45) is 1.83. The molecule has 0 saturated carbocycles. The first-order chi connectivity index (χ1) is 8.65. The Kier molecular flexibility index (Phi) is 4.04. The van der Waals surface area contributed by atoms with Gasteiger partial charge in [-0.05, 0) is 24.6 Å². The summed E-state index contributed by atoms with van der Waals surface area (Å²) in [7, 11) is 0. The fourth-order valence-corrected chi connectivity index (χ4v) is 2.71. The molecule has 0 fully saturated rings. The Balaban J connectivity index is 2.40. The third-order valence-corrected chi connectivity index (χ3v) is 3.79. The van der Waals surface area contributed by atoms with Gasteiger partial charge in [0, 0.05) is 17.0 Å². The highest BCUT2D eigenvalue weighted by atomic mass is 32.1. The van der Waals surface area contributed by atoms with Crippen molar-refractivity contribution >= 4 is 11.3 Å². The number of benzene rings is 1. The first-order valence-corrected chi connectivity index (χ1v) is 6.61. The van der Waals surface area contributed by atoms with Crippen molar-refractivity contribution < 1.29 is 8.78 Å². The molecule has 0 aliphatic heterocycles. The number of rotatable bonds is 4. The van der Waals surface area contributed by atoms with E-state index in [1.54, 1.807) is 0 Å². The number of aromatic nitrogens is 1. The second-order valence-electron chi connectivity index (χ2n) is 3.97. The maximum absolute atomic E-state index is 13.2. The highest BCUT2D eigenvalue weighted by molar-refractivity contribution is 7.15. The van der Waals surface area contributed by atoms with E-state index in [2.05, 4.69) is 11.9 Å². The molecular formula is C13H14F2N2S. The van der Waals surface area contributed by atoms with Crippen LogP contribution in [-0.4, -0.2) is 4.98 Å². The van der Waals surface area contributed by atoms with Crippen LogP contribution in [0.3, 0.4) is 0 Å². The molecular weight excluding hydrogens is 254 g/mol. The summed E-state index contributed by atoms with van der Waals surface area (Å²) in [5, 5.41) is 0.692. The van der Waals surface area contributed by atoms with E-state index in [4.69, 9.17) is 5.73 Å². The monoisotopic (exact) mass is 268 g/mol. The van der Waals surface area contributed by atoms with Gasteiger partial charge >= 0.3 is 0 Å². The Morgan fingerprint density at radius 2 is 2.06 bits per heavy atom. The van der Waals surface area contributed by atoms with E-state index in [1.165, 1.54) is 23.5 Å². The lowest BCUT2D eigenvalue weighted by molar-refractivity contribution is 0.509. The normalized spacial score (nSPS) is 10.9. The van der Waals surface area contributed by atoms with E-state index in [9.17, 15) is 8.78 Å². The second-order valence-corrected chi connectivity index (χ2v) is 5.06. The molecule has 1 heterocycles. The number of thiazole rings is 1. The molecule has 0 saturated heterocycles. The summed E-state index contributed by atoms with van der Waals surface area (Å²) >= 11 is 1.44. The van der Waals surface area contributed by atoms with Crippen LogP contribution in [0.4, 0.5) is 8.78 Å². The van der Waals surface area contributed by atoms with Crippen molar-refractivity contribution in [2.24, 2.45) is 5.73 Å². The van der Waals surface area contributed by atoms with E-state index in [0.717, 1.165) is 29.5 Å². The molecule has 0 aliphatic carbocycles. The summed E-state index contributed by atoms with van der Waals surface area (Å²) in [6, 6.07) is 3.82. The minimum atomic E-state index is -0.853. The highest BCUT2D eigenvalue weighted by Crippen LogP contribution is 2.29. The van der Waals surface area contributed by atoms with Crippen LogP contribution in [0.15, 0.2) is 18.2 Å². The number of hydrogen-bond acceptors (Lipinski definition) is 3. The van der Waals surface area contributed by atoms with Crippen LogP contribution in [0.1, 0.15) is 23.9 Å². The predicted molar refractivity (Wildman–Crippen MR) is 69.4 cm³/mol. The Morgan fingerprint density at radius 3 is 2.67 bits per heavy atom. The lowest BCUT2D eigenvalue weighted by Crippen LogP contribution is -1.97. The minimum Gasteiger partial charge on any atom is -0.326 e. The third kappa shape index (κ3) is 2.57. The standard InChI is InChI=1S/C13H14F2N2S/c1-2-3-11-12(7-16)18-13(17-11)8-4-5-9(14)10(15)6-8/h4-6H,2-3,7,16H2,1H3. The zero-order chi connectivity index (χ0) is 13.1. The third-order valence-electron chi connectivity index (χ3n) is 2.62. The lowest BCUT2D eigenvalue weighted by atomic mass is 10.2. The number of nitrogens with zero attached hydrogens (tertiary/aromatic N) is 1. The van der Waals surface area contributed by atoms with Crippen molar-refractivity contribution in [2.75, 3.05) is 0 Å². The first kappa shape index (κ1) is 13.1. The van der Waals surface area contributed by atoms with Gasteiger partial charge < -0.3 is 5.73 Å². The highest BCUT2D eigenvalue weighted by Gasteiger charge is 2.12. The molecule has 2 nitrogen and oxygen atoms in total. The molecule has 2 aromatic rings. The van der Waals surface area contributed by atoms with E-state index >= 15 is 0 Å². The number of halogens is 2. The zero-order valence-electron chi connectivity index (χ0n) is 10.0. The van der Waals surface area contributed by atoms with Gasteiger partial charge in [-0.2, -0.15) is 0 Å². The van der Waals surface area contributed by atoms with Crippen LogP contribution in [0.25, 0.3) is 10.6 Å². The zero-order valence-corrected chi connectivity index (χ0v) is 10.9. The average molecular weight is 268 g/mol. The van der Waals surface area contributed by atoms with Crippen LogP contribution < -0.4 is 5.73 Å². The van der Waals surface area contributed by atoms with Gasteiger partial charge in [0.15, 0.2) is 11.6 Å². The summed E-state index contributed by atoms with van der Waals surface area (Å²) < 4.78 is 26.1. The van der Waals surface area contributed by atoms with Crippen LogP contribution in [0, 0.1) is 11.6 Å². The fourth-order valence-electron chi connectivity index (χ4n) is 1.73. The molecule has 96 valence electrons. The van der Waals surface area contributed by atoms with Crippen molar-refractivity contribution in [3.8, 4) is 10.6 Å². The Morgan fingerprint density at radius 1 is 1.28 bits per heavy atom. The Bertz CT molecular complexity index is 552. The molecule has 0 atom stereocenters. The number of aryl methyl sites for hydroxylation is 1. The Labute approximate surface area is 108 Å². The van der Waals surface area contributed by atoms with Crippen molar-refractivity contribution in [3.05, 3.63) is 40.4 Å². The first-order valence-electron chi connectivity index (χ1n) is 5.79. The van der Waals surface area contributed by atoms with Gasteiger partial charge in [-0.15, -0.1) is 11.3 Å². The van der Waals surface area contributed by atoms with Crippen LogP contribution >= 0.6 is 11.3 Å². The molecule has 0 amide bonds. The molecule has 1 aromatic carbocycles. The SMILES string of the molecule is CCCc1nc(-c2ccc(F)c(F)c2)sc1CN.